The molecule has 6 heteroatoms. The Morgan fingerprint density at radius 3 is 2.54 bits per heavy atom. The van der Waals surface area contributed by atoms with E-state index in [0.29, 0.717) is 12.0 Å². The van der Waals surface area contributed by atoms with Gasteiger partial charge in [-0.3, -0.25) is 4.79 Å². The fraction of sp³-hybridized carbons (Fsp3) is 0.250. The van der Waals surface area contributed by atoms with Gasteiger partial charge < -0.3 is 4.98 Å². The maximum absolute atomic E-state index is 12.3. The van der Waals surface area contributed by atoms with Crippen LogP contribution in [0.2, 0.25) is 0 Å². The summed E-state index contributed by atoms with van der Waals surface area (Å²) in [6, 6.07) is 15.1. The zero-order chi connectivity index (χ0) is 18.7. The van der Waals surface area contributed by atoms with E-state index in [0.717, 1.165) is 27.6 Å². The summed E-state index contributed by atoms with van der Waals surface area (Å²) in [6.45, 7) is 4.07. The van der Waals surface area contributed by atoms with E-state index < -0.39 is 10.0 Å². The molecule has 1 aromatic heterocycles. The van der Waals surface area contributed by atoms with Gasteiger partial charge in [0, 0.05) is 17.6 Å². The van der Waals surface area contributed by atoms with E-state index in [1.54, 1.807) is 0 Å². The van der Waals surface area contributed by atoms with Crippen molar-refractivity contribution in [2.75, 3.05) is 6.54 Å². The van der Waals surface area contributed by atoms with Gasteiger partial charge in [0.25, 0.3) is 5.56 Å². The summed E-state index contributed by atoms with van der Waals surface area (Å²) in [5, 5.41) is 0.947. The Balaban J connectivity index is 1.69. The van der Waals surface area contributed by atoms with Crippen LogP contribution >= 0.6 is 0 Å². The van der Waals surface area contributed by atoms with E-state index in [1.165, 1.54) is 0 Å². The van der Waals surface area contributed by atoms with Crippen molar-refractivity contribution < 1.29 is 8.42 Å². The number of sulfonamides is 1. The van der Waals surface area contributed by atoms with Gasteiger partial charge in [-0.05, 0) is 55.0 Å². The highest BCUT2D eigenvalue weighted by molar-refractivity contribution is 7.88. The molecule has 1 heterocycles. The molecular weight excluding hydrogens is 348 g/mol. The number of hydrogen-bond acceptors (Lipinski definition) is 3. The molecule has 0 amide bonds. The Morgan fingerprint density at radius 1 is 1.00 bits per heavy atom. The number of pyridine rings is 1. The smallest absolute Gasteiger partial charge is 0.251 e. The van der Waals surface area contributed by atoms with Crippen molar-refractivity contribution in [3.63, 3.8) is 0 Å². The molecule has 0 spiro atoms. The first-order valence-electron chi connectivity index (χ1n) is 8.48. The van der Waals surface area contributed by atoms with Crippen LogP contribution in [0.15, 0.2) is 53.3 Å². The Hall–Kier alpha value is -2.44. The number of aromatic amines is 1. The second kappa shape index (κ2) is 7.43. The van der Waals surface area contributed by atoms with Gasteiger partial charge in [-0.2, -0.15) is 0 Å². The number of nitrogens with one attached hydrogen (secondary N) is 2. The number of H-pyrrole nitrogens is 1. The third kappa shape index (κ3) is 4.39. The number of benzene rings is 2. The summed E-state index contributed by atoms with van der Waals surface area (Å²) < 4.78 is 27.2. The molecule has 0 radical (unpaired) electrons. The minimum Gasteiger partial charge on any atom is -0.322 e. The van der Waals surface area contributed by atoms with Crippen LogP contribution in [0.25, 0.3) is 10.9 Å². The summed E-state index contributed by atoms with van der Waals surface area (Å²) in [4.78, 5) is 15.0. The van der Waals surface area contributed by atoms with Crippen LogP contribution in [-0.4, -0.2) is 19.9 Å². The van der Waals surface area contributed by atoms with E-state index in [4.69, 9.17) is 0 Å². The van der Waals surface area contributed by atoms with Gasteiger partial charge in [-0.25, -0.2) is 13.1 Å². The Kier molecular flexibility index (Phi) is 5.25. The molecule has 26 heavy (non-hydrogen) atoms. The van der Waals surface area contributed by atoms with Crippen molar-refractivity contribution in [3.8, 4) is 0 Å². The zero-order valence-corrected chi connectivity index (χ0v) is 15.7. The minimum atomic E-state index is -3.45. The van der Waals surface area contributed by atoms with E-state index in [2.05, 4.69) is 9.71 Å². The van der Waals surface area contributed by atoms with Gasteiger partial charge in [0.2, 0.25) is 10.0 Å². The third-order valence-corrected chi connectivity index (χ3v) is 5.73. The van der Waals surface area contributed by atoms with Crippen LogP contribution in [0, 0.1) is 13.8 Å². The fourth-order valence-electron chi connectivity index (χ4n) is 2.93. The van der Waals surface area contributed by atoms with Crippen LogP contribution in [0.1, 0.15) is 22.3 Å². The summed E-state index contributed by atoms with van der Waals surface area (Å²) in [6.07, 6.45) is 0.340. The molecular formula is C20H22N2O3S. The first-order valence-corrected chi connectivity index (χ1v) is 10.1. The highest BCUT2D eigenvalue weighted by Gasteiger charge is 2.13. The van der Waals surface area contributed by atoms with Gasteiger partial charge in [0.1, 0.15) is 0 Å². The average Bonchev–Trinajstić information content (AvgIpc) is 2.57. The lowest BCUT2D eigenvalue weighted by Crippen LogP contribution is -2.29. The SMILES string of the molecule is Cc1ccc2[nH]c(=O)c(CCNS(=O)(=O)Cc3ccccc3C)cc2c1. The molecule has 136 valence electrons. The van der Waals surface area contributed by atoms with Crippen LogP contribution < -0.4 is 10.3 Å². The van der Waals surface area contributed by atoms with Gasteiger partial charge in [-0.15, -0.1) is 0 Å². The largest absolute Gasteiger partial charge is 0.322 e. The molecule has 2 aromatic carbocycles. The molecule has 0 aliphatic rings. The van der Waals surface area contributed by atoms with Crippen molar-refractivity contribution in [1.82, 2.24) is 9.71 Å². The molecule has 0 aliphatic heterocycles. The number of hydrogen-bond donors (Lipinski definition) is 2. The number of fused-ring (bicyclic) bond motifs is 1. The zero-order valence-electron chi connectivity index (χ0n) is 14.9. The lowest BCUT2D eigenvalue weighted by atomic mass is 10.1. The van der Waals surface area contributed by atoms with Gasteiger partial charge in [-0.1, -0.05) is 35.9 Å². The molecule has 0 atom stereocenters. The molecule has 3 aromatic rings. The normalized spacial score (nSPS) is 11.8. The fourth-order valence-corrected chi connectivity index (χ4v) is 4.17. The summed E-state index contributed by atoms with van der Waals surface area (Å²) in [7, 11) is -3.45. The van der Waals surface area contributed by atoms with Crippen LogP contribution in [0.4, 0.5) is 0 Å². The monoisotopic (exact) mass is 370 g/mol. The highest BCUT2D eigenvalue weighted by Crippen LogP contribution is 2.14. The van der Waals surface area contributed by atoms with Gasteiger partial charge in [0.15, 0.2) is 0 Å². The summed E-state index contributed by atoms with van der Waals surface area (Å²) >= 11 is 0. The predicted octanol–water partition coefficient (Wildman–Crippen LogP) is 2.81. The highest BCUT2D eigenvalue weighted by atomic mass is 32.2. The molecule has 0 saturated carbocycles. The molecule has 0 saturated heterocycles. The number of rotatable bonds is 6. The average molecular weight is 370 g/mol. The second-order valence-electron chi connectivity index (χ2n) is 6.54. The Morgan fingerprint density at radius 2 is 1.77 bits per heavy atom. The molecule has 3 rings (SSSR count). The summed E-state index contributed by atoms with van der Waals surface area (Å²) in [5.41, 5.74) is 4.00. The number of aromatic nitrogens is 1. The second-order valence-corrected chi connectivity index (χ2v) is 8.35. The van der Waals surface area contributed by atoms with E-state index in [9.17, 15) is 13.2 Å². The van der Waals surface area contributed by atoms with Crippen molar-refractivity contribution in [2.45, 2.75) is 26.0 Å². The molecule has 0 fully saturated rings. The predicted molar refractivity (Wildman–Crippen MR) is 105 cm³/mol. The first-order chi connectivity index (χ1) is 12.3. The topological polar surface area (TPSA) is 79.0 Å². The standard InChI is InChI=1S/C20H22N2O3S/c1-14-7-8-19-18(11-14)12-16(20(23)22-19)9-10-21-26(24,25)13-17-6-4-3-5-15(17)2/h3-8,11-12,21H,9-10,13H2,1-2H3,(H,22,23). The van der Waals surface area contributed by atoms with Crippen LogP contribution in [0.3, 0.4) is 0 Å². The van der Waals surface area contributed by atoms with Crippen molar-refractivity contribution >= 4 is 20.9 Å². The molecule has 0 aliphatic carbocycles. The first kappa shape index (κ1) is 18.4. The molecule has 0 bridgehead atoms. The van der Waals surface area contributed by atoms with Crippen LogP contribution in [-0.2, 0) is 22.2 Å². The lowest BCUT2D eigenvalue weighted by molar-refractivity contribution is 0.580. The van der Waals surface area contributed by atoms with E-state index in [-0.39, 0.29) is 17.9 Å². The van der Waals surface area contributed by atoms with E-state index >= 15 is 0 Å². The number of aryl methyl sites for hydroxylation is 2. The Bertz CT molecular complexity index is 1100. The summed E-state index contributed by atoms with van der Waals surface area (Å²) in [5.74, 6) is -0.0626. The quantitative estimate of drug-likeness (QED) is 0.700. The van der Waals surface area contributed by atoms with Crippen molar-refractivity contribution in [3.05, 3.63) is 81.1 Å². The molecule has 2 N–H and O–H groups in total. The lowest BCUT2D eigenvalue weighted by Gasteiger charge is -2.09. The maximum Gasteiger partial charge on any atom is 0.251 e. The van der Waals surface area contributed by atoms with Crippen molar-refractivity contribution in [2.24, 2.45) is 0 Å². The van der Waals surface area contributed by atoms with Crippen LogP contribution in [0.5, 0.6) is 0 Å². The van der Waals surface area contributed by atoms with E-state index in [1.807, 2.05) is 62.4 Å². The Labute approximate surface area is 153 Å². The minimum absolute atomic E-state index is 0.0626. The third-order valence-electron chi connectivity index (χ3n) is 4.40. The molecule has 5 nitrogen and oxygen atoms in total. The van der Waals surface area contributed by atoms with Crippen molar-refractivity contribution in [1.29, 1.82) is 0 Å². The van der Waals surface area contributed by atoms with Gasteiger partial charge in [0.05, 0.1) is 5.75 Å². The maximum atomic E-state index is 12.3. The van der Waals surface area contributed by atoms with Gasteiger partial charge >= 0.3 is 0 Å². The molecule has 0 unspecified atom stereocenters.